The minimum absolute atomic E-state index is 0.363. The molecule has 1 heterocycles. The maximum Gasteiger partial charge on any atom is 0.279 e. The molecule has 1 rings (SSSR count). The first-order valence-electron chi connectivity index (χ1n) is 5.86. The van der Waals surface area contributed by atoms with Gasteiger partial charge in [0.2, 0.25) is 0 Å². The second-order valence-electron chi connectivity index (χ2n) is 4.13. The largest absolute Gasteiger partial charge is 0.320 e. The molecule has 2 N–H and O–H groups in total. The van der Waals surface area contributed by atoms with Gasteiger partial charge in [-0.2, -0.15) is 17.4 Å². The van der Waals surface area contributed by atoms with E-state index < -0.39 is 10.2 Å². The maximum absolute atomic E-state index is 11.9. The standard InChI is InChI=1S/C11H21N3O2S2/c1-10-5-8-17-11(10)9-13-18(15,16)14(3)7-4-6-12-2/h5,8,12-13H,4,6-7,9H2,1-3H3. The van der Waals surface area contributed by atoms with Crippen molar-refractivity contribution in [3.05, 3.63) is 21.9 Å². The summed E-state index contributed by atoms with van der Waals surface area (Å²) >= 11 is 1.57. The van der Waals surface area contributed by atoms with Crippen molar-refractivity contribution in [1.29, 1.82) is 0 Å². The van der Waals surface area contributed by atoms with E-state index in [1.165, 1.54) is 4.31 Å². The normalized spacial score (nSPS) is 12.2. The van der Waals surface area contributed by atoms with Crippen LogP contribution in [0.2, 0.25) is 0 Å². The summed E-state index contributed by atoms with van der Waals surface area (Å²) < 4.78 is 27.8. The molecule has 0 aliphatic rings. The molecule has 7 heteroatoms. The lowest BCUT2D eigenvalue weighted by Crippen LogP contribution is -2.38. The van der Waals surface area contributed by atoms with Gasteiger partial charge >= 0.3 is 0 Å². The predicted molar refractivity (Wildman–Crippen MR) is 76.0 cm³/mol. The molecule has 0 atom stereocenters. The molecule has 0 radical (unpaired) electrons. The summed E-state index contributed by atoms with van der Waals surface area (Å²) in [6.45, 7) is 3.67. The fourth-order valence-electron chi connectivity index (χ4n) is 1.45. The first kappa shape index (κ1) is 15.6. The van der Waals surface area contributed by atoms with Gasteiger partial charge < -0.3 is 5.32 Å². The molecule has 0 unspecified atom stereocenters. The first-order chi connectivity index (χ1) is 8.47. The van der Waals surface area contributed by atoms with Gasteiger partial charge in [0, 0.05) is 25.0 Å². The number of hydrogen-bond acceptors (Lipinski definition) is 4. The minimum atomic E-state index is -3.37. The molecule has 0 amide bonds. The van der Waals surface area contributed by atoms with E-state index >= 15 is 0 Å². The zero-order valence-corrected chi connectivity index (χ0v) is 12.7. The Morgan fingerprint density at radius 3 is 2.72 bits per heavy atom. The molecular weight excluding hydrogens is 270 g/mol. The monoisotopic (exact) mass is 291 g/mol. The van der Waals surface area contributed by atoms with Crippen LogP contribution in [0.15, 0.2) is 11.4 Å². The Bertz CT molecular complexity index is 457. The highest BCUT2D eigenvalue weighted by molar-refractivity contribution is 7.87. The van der Waals surface area contributed by atoms with Crippen LogP contribution in [0.3, 0.4) is 0 Å². The SMILES string of the molecule is CNCCCN(C)S(=O)(=O)NCc1sccc1C. The van der Waals surface area contributed by atoms with Crippen molar-refractivity contribution < 1.29 is 8.42 Å². The van der Waals surface area contributed by atoms with Crippen LogP contribution in [0.4, 0.5) is 0 Å². The molecular formula is C11H21N3O2S2. The highest BCUT2D eigenvalue weighted by Crippen LogP contribution is 2.15. The molecule has 0 saturated carbocycles. The molecule has 0 fully saturated rings. The zero-order valence-electron chi connectivity index (χ0n) is 11.1. The van der Waals surface area contributed by atoms with Crippen molar-refractivity contribution >= 4 is 21.5 Å². The Kier molecular flexibility index (Phi) is 6.24. The van der Waals surface area contributed by atoms with Crippen molar-refractivity contribution in [2.45, 2.75) is 19.9 Å². The third-order valence-corrected chi connectivity index (χ3v) is 5.23. The van der Waals surface area contributed by atoms with E-state index in [0.717, 1.165) is 23.4 Å². The van der Waals surface area contributed by atoms with Gasteiger partial charge in [0.15, 0.2) is 0 Å². The van der Waals surface area contributed by atoms with Gasteiger partial charge in [-0.15, -0.1) is 11.3 Å². The van der Waals surface area contributed by atoms with Crippen LogP contribution in [0, 0.1) is 6.92 Å². The number of nitrogens with zero attached hydrogens (tertiary/aromatic N) is 1. The van der Waals surface area contributed by atoms with E-state index in [9.17, 15) is 8.42 Å². The second-order valence-corrected chi connectivity index (χ2v) is 6.99. The molecule has 1 aromatic rings. The lowest BCUT2D eigenvalue weighted by atomic mass is 10.3. The van der Waals surface area contributed by atoms with Crippen molar-refractivity contribution in [2.24, 2.45) is 0 Å². The van der Waals surface area contributed by atoms with Crippen molar-refractivity contribution in [3.63, 3.8) is 0 Å². The first-order valence-corrected chi connectivity index (χ1v) is 8.18. The Morgan fingerprint density at radius 1 is 1.44 bits per heavy atom. The lowest BCUT2D eigenvalue weighted by Gasteiger charge is -2.17. The van der Waals surface area contributed by atoms with Gasteiger partial charge in [0.05, 0.1) is 0 Å². The van der Waals surface area contributed by atoms with E-state index in [2.05, 4.69) is 10.0 Å². The Labute approximate surface area is 113 Å². The van der Waals surface area contributed by atoms with Gasteiger partial charge in [0.25, 0.3) is 10.2 Å². The van der Waals surface area contributed by atoms with Crippen LogP contribution in [0.25, 0.3) is 0 Å². The molecule has 0 bridgehead atoms. The third kappa shape index (κ3) is 4.66. The van der Waals surface area contributed by atoms with Crippen molar-refractivity contribution in [1.82, 2.24) is 14.3 Å². The average molecular weight is 291 g/mol. The summed E-state index contributed by atoms with van der Waals surface area (Å²) in [7, 11) is 0.0786. The number of thiophene rings is 1. The van der Waals surface area contributed by atoms with Gasteiger partial charge in [-0.05, 0) is 43.9 Å². The third-order valence-electron chi connectivity index (χ3n) is 2.69. The van der Waals surface area contributed by atoms with Crippen LogP contribution in [-0.4, -0.2) is 39.9 Å². The van der Waals surface area contributed by atoms with Crippen LogP contribution >= 0.6 is 11.3 Å². The van der Waals surface area contributed by atoms with Gasteiger partial charge in [0.1, 0.15) is 0 Å². The Morgan fingerprint density at radius 2 is 2.17 bits per heavy atom. The summed E-state index contributed by atoms with van der Waals surface area (Å²) in [5.41, 5.74) is 1.13. The van der Waals surface area contributed by atoms with E-state index in [4.69, 9.17) is 0 Å². The number of hydrogen-bond donors (Lipinski definition) is 2. The molecule has 0 spiro atoms. The maximum atomic E-state index is 11.9. The summed E-state index contributed by atoms with van der Waals surface area (Å²) in [4.78, 5) is 1.06. The van der Waals surface area contributed by atoms with E-state index in [-0.39, 0.29) is 0 Å². The van der Waals surface area contributed by atoms with E-state index in [1.54, 1.807) is 18.4 Å². The fraction of sp³-hybridized carbons (Fsp3) is 0.636. The van der Waals surface area contributed by atoms with Crippen molar-refractivity contribution in [2.75, 3.05) is 27.2 Å². The van der Waals surface area contributed by atoms with Crippen LogP contribution < -0.4 is 10.0 Å². The topological polar surface area (TPSA) is 61.4 Å². The van der Waals surface area contributed by atoms with Crippen LogP contribution in [0.1, 0.15) is 16.9 Å². The zero-order chi connectivity index (χ0) is 13.6. The molecule has 0 saturated heterocycles. The molecule has 0 aliphatic carbocycles. The van der Waals surface area contributed by atoms with Crippen LogP contribution in [0.5, 0.6) is 0 Å². The lowest BCUT2D eigenvalue weighted by molar-refractivity contribution is 0.448. The molecule has 104 valence electrons. The smallest absolute Gasteiger partial charge is 0.279 e. The summed E-state index contributed by atoms with van der Waals surface area (Å²) in [6.07, 6.45) is 0.798. The molecule has 18 heavy (non-hydrogen) atoms. The van der Waals surface area contributed by atoms with Crippen molar-refractivity contribution in [3.8, 4) is 0 Å². The molecule has 5 nitrogen and oxygen atoms in total. The Balaban J connectivity index is 2.46. The second kappa shape index (κ2) is 7.20. The van der Waals surface area contributed by atoms with E-state index in [0.29, 0.717) is 13.1 Å². The number of aryl methyl sites for hydroxylation is 1. The minimum Gasteiger partial charge on any atom is -0.320 e. The van der Waals surface area contributed by atoms with E-state index in [1.807, 2.05) is 25.4 Å². The highest BCUT2D eigenvalue weighted by atomic mass is 32.2. The number of rotatable bonds is 8. The highest BCUT2D eigenvalue weighted by Gasteiger charge is 2.16. The number of nitrogens with one attached hydrogen (secondary N) is 2. The quantitative estimate of drug-likeness (QED) is 0.701. The van der Waals surface area contributed by atoms with Gasteiger partial charge in [-0.1, -0.05) is 0 Å². The summed E-state index contributed by atoms with van der Waals surface area (Å²) in [6, 6.07) is 1.99. The summed E-state index contributed by atoms with van der Waals surface area (Å²) in [5, 5.41) is 4.96. The van der Waals surface area contributed by atoms with Gasteiger partial charge in [-0.25, -0.2) is 0 Å². The summed E-state index contributed by atoms with van der Waals surface area (Å²) in [5.74, 6) is 0. The Hall–Kier alpha value is -0.470. The predicted octanol–water partition coefficient (Wildman–Crippen LogP) is 0.932. The van der Waals surface area contributed by atoms with Gasteiger partial charge in [-0.3, -0.25) is 0 Å². The average Bonchev–Trinajstić information content (AvgIpc) is 2.72. The molecule has 0 aromatic carbocycles. The fourth-order valence-corrected chi connectivity index (χ4v) is 3.30. The van der Waals surface area contributed by atoms with Crippen LogP contribution in [-0.2, 0) is 16.8 Å². The molecule has 1 aromatic heterocycles. The molecule has 0 aliphatic heterocycles.